The van der Waals surface area contributed by atoms with Gasteiger partial charge in [-0.25, -0.2) is 0 Å². The van der Waals surface area contributed by atoms with Gasteiger partial charge in [-0.15, -0.1) is 0 Å². The summed E-state index contributed by atoms with van der Waals surface area (Å²) in [6, 6.07) is 12.8. The first-order valence-corrected chi connectivity index (χ1v) is 8.10. The number of ether oxygens (including phenoxy) is 1. The maximum atomic E-state index is 12.2. The van der Waals surface area contributed by atoms with Crippen LogP contribution in [0.2, 0.25) is 0 Å². The van der Waals surface area contributed by atoms with E-state index in [0.717, 1.165) is 4.47 Å². The predicted octanol–water partition coefficient (Wildman–Crippen LogP) is 4.31. The van der Waals surface area contributed by atoms with Crippen molar-refractivity contribution in [3.63, 3.8) is 0 Å². The Labute approximate surface area is 155 Å². The molecule has 0 unspecified atom stereocenters. The molecule has 0 aliphatic carbocycles. The molecule has 5 nitrogen and oxygen atoms in total. The largest absolute Gasteiger partial charge is 0.483 e. The number of halogens is 4. The zero-order chi connectivity index (χ0) is 19.2. The number of para-hydroxylation sites is 1. The number of amides is 1. The summed E-state index contributed by atoms with van der Waals surface area (Å²) in [5.74, 6) is -0.499. The summed E-state index contributed by atoms with van der Waals surface area (Å²) in [7, 11) is 0. The van der Waals surface area contributed by atoms with Gasteiger partial charge >= 0.3 is 6.18 Å². The van der Waals surface area contributed by atoms with Crippen molar-refractivity contribution in [1.82, 2.24) is 0 Å². The lowest BCUT2D eigenvalue weighted by Crippen LogP contribution is -2.22. The number of anilines is 2. The van der Waals surface area contributed by atoms with Gasteiger partial charge in [-0.3, -0.25) is 4.79 Å². The Morgan fingerprint density at radius 1 is 1.23 bits per heavy atom. The van der Waals surface area contributed by atoms with Crippen LogP contribution in [0.15, 0.2) is 46.9 Å². The smallest absolute Gasteiger partial charge is 0.422 e. The zero-order valence-electron chi connectivity index (χ0n) is 13.2. The predicted molar refractivity (Wildman–Crippen MR) is 94.0 cm³/mol. The third kappa shape index (κ3) is 5.97. The normalized spacial score (nSPS) is 10.7. The minimum Gasteiger partial charge on any atom is -0.483 e. The maximum absolute atomic E-state index is 12.2. The molecule has 26 heavy (non-hydrogen) atoms. The fourth-order valence-corrected chi connectivity index (χ4v) is 2.34. The molecule has 136 valence electrons. The van der Waals surface area contributed by atoms with Crippen LogP contribution >= 0.6 is 15.9 Å². The van der Waals surface area contributed by atoms with Crippen LogP contribution in [-0.4, -0.2) is 25.2 Å². The monoisotopic (exact) mass is 427 g/mol. The van der Waals surface area contributed by atoms with E-state index >= 15 is 0 Å². The van der Waals surface area contributed by atoms with Crippen molar-refractivity contribution >= 4 is 33.2 Å². The van der Waals surface area contributed by atoms with Gasteiger partial charge < -0.3 is 15.4 Å². The Hall–Kier alpha value is -2.73. The molecular formula is C17H13BrF3N3O2. The number of rotatable bonds is 6. The molecular weight excluding hydrogens is 415 g/mol. The lowest BCUT2D eigenvalue weighted by atomic mass is 10.2. The number of carbonyl (C=O) groups excluding carboxylic acids is 1. The van der Waals surface area contributed by atoms with E-state index < -0.39 is 12.8 Å². The molecule has 0 atom stereocenters. The number of alkyl halides is 3. The van der Waals surface area contributed by atoms with Crippen LogP contribution in [0.3, 0.4) is 0 Å². The molecule has 0 saturated heterocycles. The molecule has 0 bridgehead atoms. The Balaban J connectivity index is 1.96. The van der Waals surface area contributed by atoms with Gasteiger partial charge in [0, 0.05) is 10.2 Å². The lowest BCUT2D eigenvalue weighted by molar-refractivity contribution is -0.153. The van der Waals surface area contributed by atoms with Crippen LogP contribution < -0.4 is 15.4 Å². The molecule has 0 aromatic heterocycles. The van der Waals surface area contributed by atoms with Crippen LogP contribution in [0.4, 0.5) is 24.5 Å². The van der Waals surface area contributed by atoms with Crippen LogP contribution in [0.1, 0.15) is 5.56 Å². The summed E-state index contributed by atoms with van der Waals surface area (Å²) in [6.45, 7) is -1.57. The molecule has 0 fully saturated rings. The standard InChI is InChI=1S/C17H13BrF3N3O2/c18-13-3-1-2-4-14(13)24-16(25)9-23-12-5-6-15(11(7-12)8-22)26-10-17(19,20)21/h1-7,23H,9-10H2,(H,24,25). The van der Waals surface area contributed by atoms with Gasteiger partial charge in [-0.05, 0) is 46.3 Å². The van der Waals surface area contributed by atoms with E-state index in [4.69, 9.17) is 5.26 Å². The second-order valence-corrected chi connectivity index (χ2v) is 5.96. The van der Waals surface area contributed by atoms with Gasteiger partial charge in [0.1, 0.15) is 11.8 Å². The molecule has 0 saturated carbocycles. The fraction of sp³-hybridized carbons (Fsp3) is 0.176. The van der Waals surface area contributed by atoms with Crippen molar-refractivity contribution in [3.8, 4) is 11.8 Å². The summed E-state index contributed by atoms with van der Waals surface area (Å²) in [5.41, 5.74) is 0.946. The number of carbonyl (C=O) groups is 1. The number of nitriles is 1. The Morgan fingerprint density at radius 3 is 2.62 bits per heavy atom. The van der Waals surface area contributed by atoms with Crippen molar-refractivity contribution < 1.29 is 22.7 Å². The minimum absolute atomic E-state index is 0.0644. The van der Waals surface area contributed by atoms with Gasteiger partial charge in [-0.1, -0.05) is 12.1 Å². The van der Waals surface area contributed by atoms with E-state index in [1.165, 1.54) is 18.2 Å². The summed E-state index contributed by atoms with van der Waals surface area (Å²) < 4.78 is 41.9. The van der Waals surface area contributed by atoms with Gasteiger partial charge in [0.25, 0.3) is 0 Å². The number of hydrogen-bond acceptors (Lipinski definition) is 4. The minimum atomic E-state index is -4.49. The molecule has 0 aliphatic rings. The molecule has 2 aromatic rings. The van der Waals surface area contributed by atoms with E-state index in [1.807, 2.05) is 6.07 Å². The van der Waals surface area contributed by atoms with Crippen molar-refractivity contribution in [2.75, 3.05) is 23.8 Å². The number of nitrogens with one attached hydrogen (secondary N) is 2. The third-order valence-electron chi connectivity index (χ3n) is 3.09. The van der Waals surface area contributed by atoms with E-state index in [-0.39, 0.29) is 23.8 Å². The van der Waals surface area contributed by atoms with Crippen molar-refractivity contribution in [1.29, 1.82) is 5.26 Å². The van der Waals surface area contributed by atoms with Gasteiger partial charge in [-0.2, -0.15) is 18.4 Å². The molecule has 9 heteroatoms. The summed E-state index contributed by atoms with van der Waals surface area (Å²) in [5, 5.41) is 14.5. The van der Waals surface area contributed by atoms with Gasteiger partial charge in [0.15, 0.2) is 6.61 Å². The van der Waals surface area contributed by atoms with Gasteiger partial charge in [0.2, 0.25) is 5.91 Å². The first-order valence-electron chi connectivity index (χ1n) is 7.30. The molecule has 0 aliphatic heterocycles. The highest BCUT2D eigenvalue weighted by atomic mass is 79.9. The zero-order valence-corrected chi connectivity index (χ0v) is 14.8. The van der Waals surface area contributed by atoms with Crippen LogP contribution in [-0.2, 0) is 4.79 Å². The molecule has 1 amide bonds. The highest BCUT2D eigenvalue weighted by Gasteiger charge is 2.28. The van der Waals surface area contributed by atoms with E-state index in [0.29, 0.717) is 11.4 Å². The van der Waals surface area contributed by atoms with E-state index in [2.05, 4.69) is 31.3 Å². The Kier molecular flexibility index (Phi) is 6.46. The average Bonchev–Trinajstić information content (AvgIpc) is 2.59. The topological polar surface area (TPSA) is 74.2 Å². The Morgan fingerprint density at radius 2 is 1.96 bits per heavy atom. The molecule has 2 aromatic carbocycles. The molecule has 0 spiro atoms. The van der Waals surface area contributed by atoms with Crippen LogP contribution in [0.25, 0.3) is 0 Å². The molecule has 0 radical (unpaired) electrons. The summed E-state index contributed by atoms with van der Waals surface area (Å²) >= 11 is 3.31. The SMILES string of the molecule is N#Cc1cc(NCC(=O)Nc2ccccc2Br)ccc1OCC(F)(F)F. The van der Waals surface area contributed by atoms with E-state index in [9.17, 15) is 18.0 Å². The van der Waals surface area contributed by atoms with Crippen LogP contribution in [0.5, 0.6) is 5.75 Å². The lowest BCUT2D eigenvalue weighted by Gasteiger charge is -2.12. The first-order chi connectivity index (χ1) is 12.3. The summed E-state index contributed by atoms with van der Waals surface area (Å²) in [6.07, 6.45) is -4.49. The molecule has 2 rings (SSSR count). The van der Waals surface area contributed by atoms with Gasteiger partial charge in [0.05, 0.1) is 17.8 Å². The van der Waals surface area contributed by atoms with Crippen molar-refractivity contribution in [2.45, 2.75) is 6.18 Å². The fourth-order valence-electron chi connectivity index (χ4n) is 1.95. The van der Waals surface area contributed by atoms with E-state index in [1.54, 1.807) is 24.3 Å². The molecule has 0 heterocycles. The quantitative estimate of drug-likeness (QED) is 0.719. The summed E-state index contributed by atoms with van der Waals surface area (Å²) in [4.78, 5) is 12.0. The second kappa shape index (κ2) is 8.58. The highest BCUT2D eigenvalue weighted by Crippen LogP contribution is 2.25. The Bertz CT molecular complexity index is 835. The average molecular weight is 428 g/mol. The number of benzene rings is 2. The maximum Gasteiger partial charge on any atom is 0.422 e. The van der Waals surface area contributed by atoms with Crippen molar-refractivity contribution in [2.24, 2.45) is 0 Å². The van der Waals surface area contributed by atoms with Crippen molar-refractivity contribution in [3.05, 3.63) is 52.5 Å². The number of hydrogen-bond donors (Lipinski definition) is 2. The third-order valence-corrected chi connectivity index (χ3v) is 3.78. The highest BCUT2D eigenvalue weighted by molar-refractivity contribution is 9.10. The second-order valence-electron chi connectivity index (χ2n) is 5.11. The number of nitrogens with zero attached hydrogens (tertiary/aromatic N) is 1. The molecule has 2 N–H and O–H groups in total. The van der Waals surface area contributed by atoms with Crippen LogP contribution in [0, 0.1) is 11.3 Å². The first kappa shape index (κ1) is 19.6.